The van der Waals surface area contributed by atoms with Gasteiger partial charge in [-0.1, -0.05) is 0 Å². The van der Waals surface area contributed by atoms with Crippen LogP contribution < -0.4 is 0 Å². The van der Waals surface area contributed by atoms with Crippen molar-refractivity contribution in [1.82, 2.24) is 0 Å². The summed E-state index contributed by atoms with van der Waals surface area (Å²) in [6.45, 7) is 1.61. The standard InChI is InChI=1S/C6H7ClO4/c1-2-11-6(10)5(9)4(8)3-7/h2-3H2,1H3. The summed E-state index contributed by atoms with van der Waals surface area (Å²) in [6, 6.07) is 0. The Morgan fingerprint density at radius 2 is 1.91 bits per heavy atom. The minimum atomic E-state index is -1.19. The van der Waals surface area contributed by atoms with Crippen LogP contribution in [0.5, 0.6) is 0 Å². The molecule has 0 amide bonds. The molecule has 0 spiro atoms. The second-order valence-electron chi connectivity index (χ2n) is 1.61. The molecule has 0 bridgehead atoms. The second kappa shape index (κ2) is 4.85. The molecule has 5 heteroatoms. The van der Waals surface area contributed by atoms with Gasteiger partial charge in [0.15, 0.2) is 0 Å². The Hall–Kier alpha value is -0.900. The molecule has 0 rings (SSSR count). The molecule has 0 aromatic rings. The zero-order chi connectivity index (χ0) is 8.85. The van der Waals surface area contributed by atoms with Crippen LogP contribution in [0.4, 0.5) is 0 Å². The first-order valence-electron chi connectivity index (χ1n) is 2.93. The smallest absolute Gasteiger partial charge is 0.382 e. The van der Waals surface area contributed by atoms with E-state index in [9.17, 15) is 14.4 Å². The normalized spacial score (nSPS) is 8.91. The van der Waals surface area contributed by atoms with E-state index < -0.39 is 23.4 Å². The Balaban J connectivity index is 4.03. The van der Waals surface area contributed by atoms with Crippen molar-refractivity contribution in [1.29, 1.82) is 0 Å². The van der Waals surface area contributed by atoms with Crippen LogP contribution in [0, 0.1) is 0 Å². The SMILES string of the molecule is CCOC(=O)C(=O)C(=O)CCl. The Morgan fingerprint density at radius 1 is 1.36 bits per heavy atom. The van der Waals surface area contributed by atoms with Crippen molar-refractivity contribution in [2.24, 2.45) is 0 Å². The van der Waals surface area contributed by atoms with Crippen LogP contribution in [-0.2, 0) is 19.1 Å². The number of alkyl halides is 1. The molecule has 0 N–H and O–H groups in total. The Kier molecular flexibility index (Phi) is 4.45. The molecule has 62 valence electrons. The third-order valence-corrected chi connectivity index (χ3v) is 1.08. The van der Waals surface area contributed by atoms with Gasteiger partial charge in [0, 0.05) is 0 Å². The summed E-state index contributed by atoms with van der Waals surface area (Å²) in [6.07, 6.45) is 0. The molecule has 0 aliphatic rings. The van der Waals surface area contributed by atoms with Gasteiger partial charge in [-0.05, 0) is 6.92 Å². The summed E-state index contributed by atoms with van der Waals surface area (Å²) in [7, 11) is 0. The van der Waals surface area contributed by atoms with Crippen molar-refractivity contribution in [2.75, 3.05) is 12.5 Å². The van der Waals surface area contributed by atoms with E-state index in [-0.39, 0.29) is 6.61 Å². The van der Waals surface area contributed by atoms with Crippen molar-refractivity contribution >= 4 is 29.1 Å². The van der Waals surface area contributed by atoms with Crippen molar-refractivity contribution in [3.8, 4) is 0 Å². The average Bonchev–Trinajstić information content (AvgIpc) is 2.02. The summed E-state index contributed by atoms with van der Waals surface area (Å²) in [5.41, 5.74) is 0. The lowest BCUT2D eigenvalue weighted by atomic mass is 10.3. The summed E-state index contributed by atoms with van der Waals surface area (Å²) in [5.74, 6) is -3.76. The number of halogens is 1. The topological polar surface area (TPSA) is 60.4 Å². The Labute approximate surface area is 68.5 Å². The van der Waals surface area contributed by atoms with Gasteiger partial charge in [0.25, 0.3) is 0 Å². The first kappa shape index (κ1) is 10.1. The van der Waals surface area contributed by atoms with Crippen LogP contribution >= 0.6 is 11.6 Å². The molecule has 0 unspecified atom stereocenters. The number of esters is 1. The minimum Gasteiger partial charge on any atom is -0.460 e. The predicted octanol–water partition coefficient (Wildman–Crippen LogP) is -0.0735. The van der Waals surface area contributed by atoms with E-state index in [1.165, 1.54) is 6.92 Å². The summed E-state index contributed by atoms with van der Waals surface area (Å²) in [5, 5.41) is 0. The van der Waals surface area contributed by atoms with Gasteiger partial charge in [0.05, 0.1) is 12.5 Å². The van der Waals surface area contributed by atoms with Crippen LogP contribution in [0.2, 0.25) is 0 Å². The monoisotopic (exact) mass is 178 g/mol. The maximum absolute atomic E-state index is 10.6. The predicted molar refractivity (Wildman–Crippen MR) is 37.4 cm³/mol. The van der Waals surface area contributed by atoms with Crippen molar-refractivity contribution in [3.63, 3.8) is 0 Å². The van der Waals surface area contributed by atoms with Gasteiger partial charge < -0.3 is 4.74 Å². The first-order chi connectivity index (χ1) is 5.13. The number of carbonyl (C=O) groups excluding carboxylic acids is 3. The minimum absolute atomic E-state index is 0.0696. The third kappa shape index (κ3) is 3.13. The van der Waals surface area contributed by atoms with E-state index >= 15 is 0 Å². The maximum Gasteiger partial charge on any atom is 0.382 e. The Bertz CT molecular complexity index is 187. The molecule has 0 saturated carbocycles. The van der Waals surface area contributed by atoms with Crippen LogP contribution in [0.1, 0.15) is 6.92 Å². The van der Waals surface area contributed by atoms with Gasteiger partial charge in [-0.3, -0.25) is 9.59 Å². The van der Waals surface area contributed by atoms with Crippen LogP contribution in [0.3, 0.4) is 0 Å². The molecule has 0 atom stereocenters. The quantitative estimate of drug-likeness (QED) is 0.262. The number of rotatable bonds is 4. The van der Waals surface area contributed by atoms with E-state index in [1.807, 2.05) is 0 Å². The lowest BCUT2D eigenvalue weighted by molar-refractivity contribution is -0.156. The Morgan fingerprint density at radius 3 is 2.27 bits per heavy atom. The highest BCUT2D eigenvalue weighted by atomic mass is 35.5. The molecule has 0 aromatic heterocycles. The van der Waals surface area contributed by atoms with E-state index in [4.69, 9.17) is 11.6 Å². The second-order valence-corrected chi connectivity index (χ2v) is 1.87. The summed E-state index contributed by atoms with van der Waals surface area (Å²) in [4.78, 5) is 31.5. The van der Waals surface area contributed by atoms with Gasteiger partial charge in [-0.2, -0.15) is 0 Å². The number of ketones is 2. The highest BCUT2D eigenvalue weighted by molar-refractivity contribution is 6.65. The molecular weight excluding hydrogens is 172 g/mol. The molecular formula is C6H7ClO4. The zero-order valence-electron chi connectivity index (χ0n) is 5.93. The summed E-state index contributed by atoms with van der Waals surface area (Å²) >= 11 is 5.01. The van der Waals surface area contributed by atoms with Gasteiger partial charge in [-0.25, -0.2) is 4.79 Å². The average molecular weight is 179 g/mol. The van der Waals surface area contributed by atoms with E-state index in [2.05, 4.69) is 4.74 Å². The molecule has 0 saturated heterocycles. The first-order valence-corrected chi connectivity index (χ1v) is 3.47. The van der Waals surface area contributed by atoms with Crippen LogP contribution in [-0.4, -0.2) is 30.0 Å². The molecule has 0 aliphatic carbocycles. The van der Waals surface area contributed by atoms with Gasteiger partial charge in [0.2, 0.25) is 5.78 Å². The fraction of sp³-hybridized carbons (Fsp3) is 0.500. The highest BCUT2D eigenvalue weighted by Crippen LogP contribution is 1.86. The fourth-order valence-corrected chi connectivity index (χ4v) is 0.493. The lowest BCUT2D eigenvalue weighted by Crippen LogP contribution is -2.26. The highest BCUT2D eigenvalue weighted by Gasteiger charge is 2.22. The molecule has 0 aliphatic heterocycles. The number of carbonyl (C=O) groups is 3. The van der Waals surface area contributed by atoms with Gasteiger partial charge >= 0.3 is 11.8 Å². The zero-order valence-corrected chi connectivity index (χ0v) is 6.68. The maximum atomic E-state index is 10.6. The third-order valence-electron chi connectivity index (χ3n) is 0.835. The van der Waals surface area contributed by atoms with Crippen molar-refractivity contribution < 1.29 is 19.1 Å². The fourth-order valence-electron chi connectivity index (χ4n) is 0.371. The number of ether oxygens (including phenoxy) is 1. The van der Waals surface area contributed by atoms with Gasteiger partial charge in [-0.15, -0.1) is 11.6 Å². The lowest BCUT2D eigenvalue weighted by Gasteiger charge is -1.96. The molecule has 0 heterocycles. The molecule has 11 heavy (non-hydrogen) atoms. The van der Waals surface area contributed by atoms with Crippen LogP contribution in [0.15, 0.2) is 0 Å². The largest absolute Gasteiger partial charge is 0.460 e. The van der Waals surface area contributed by atoms with E-state index in [0.29, 0.717) is 0 Å². The van der Waals surface area contributed by atoms with E-state index in [1.54, 1.807) is 0 Å². The summed E-state index contributed by atoms with van der Waals surface area (Å²) < 4.78 is 4.26. The molecule has 0 radical (unpaired) electrons. The van der Waals surface area contributed by atoms with Crippen LogP contribution in [0.25, 0.3) is 0 Å². The number of hydrogen-bond acceptors (Lipinski definition) is 4. The van der Waals surface area contributed by atoms with Crippen molar-refractivity contribution in [2.45, 2.75) is 6.92 Å². The van der Waals surface area contributed by atoms with Crippen molar-refractivity contribution in [3.05, 3.63) is 0 Å². The number of hydrogen-bond donors (Lipinski definition) is 0. The van der Waals surface area contributed by atoms with E-state index in [0.717, 1.165) is 0 Å². The van der Waals surface area contributed by atoms with Gasteiger partial charge in [0.1, 0.15) is 0 Å². The molecule has 0 fully saturated rings. The molecule has 0 aromatic carbocycles. The molecule has 4 nitrogen and oxygen atoms in total. The number of Topliss-reactive ketones (excluding diaryl/α,β-unsaturated/α-hetero) is 2.